The van der Waals surface area contributed by atoms with Gasteiger partial charge < -0.3 is 15.6 Å². The van der Waals surface area contributed by atoms with Crippen LogP contribution in [0.2, 0.25) is 0 Å². The fourth-order valence-corrected chi connectivity index (χ4v) is 2.54. The fraction of sp³-hybridized carbons (Fsp3) is 0.333. The summed E-state index contributed by atoms with van der Waals surface area (Å²) in [5, 5.41) is 16.0. The van der Waals surface area contributed by atoms with Crippen LogP contribution in [0.1, 0.15) is 32.3 Å². The van der Waals surface area contributed by atoms with E-state index in [9.17, 15) is 0 Å². The molecule has 1 aromatic carbocycles. The van der Waals surface area contributed by atoms with E-state index < -0.39 is 0 Å². The molecule has 0 radical (unpaired) electrons. The number of rotatable bonds is 5. The zero-order valence-electron chi connectivity index (χ0n) is 12.6. The van der Waals surface area contributed by atoms with Gasteiger partial charge in [-0.3, -0.25) is 0 Å². The van der Waals surface area contributed by atoms with Crippen LogP contribution in [0, 0.1) is 10.8 Å². The van der Waals surface area contributed by atoms with Crippen LogP contribution in [0.15, 0.2) is 53.8 Å². The highest BCUT2D eigenvalue weighted by Gasteiger charge is 2.18. The quantitative estimate of drug-likeness (QED) is 0.614. The number of ether oxygens (including phenoxy) is 1. The predicted octanol–water partition coefficient (Wildman–Crippen LogP) is 4.30. The van der Waals surface area contributed by atoms with Gasteiger partial charge in [-0.1, -0.05) is 42.5 Å². The van der Waals surface area contributed by atoms with Crippen LogP contribution in [-0.2, 0) is 11.2 Å². The lowest BCUT2D eigenvalue weighted by Gasteiger charge is -2.19. The highest BCUT2D eigenvalue weighted by atomic mass is 16.5. The number of hydrogen-bond acceptors (Lipinski definition) is 3. The van der Waals surface area contributed by atoms with Crippen molar-refractivity contribution in [2.75, 3.05) is 0 Å². The molecule has 1 atom stereocenters. The molecule has 110 valence electrons. The van der Waals surface area contributed by atoms with Crippen molar-refractivity contribution in [3.63, 3.8) is 0 Å². The van der Waals surface area contributed by atoms with Gasteiger partial charge in [-0.2, -0.15) is 0 Å². The maximum atomic E-state index is 8.08. The standard InChI is InChI=1S/C18H22N2O/c1-13(12-15-8-4-3-5-9-15)21-17-11-7-6-10-16(20)18(17)14(2)19/h3-9,13,19-20H,10-12H2,1-2H3. The van der Waals surface area contributed by atoms with Crippen molar-refractivity contribution in [1.29, 1.82) is 10.8 Å². The van der Waals surface area contributed by atoms with Crippen molar-refractivity contribution in [3.05, 3.63) is 59.4 Å². The minimum absolute atomic E-state index is 0.0241. The van der Waals surface area contributed by atoms with Crippen LogP contribution in [0.5, 0.6) is 0 Å². The zero-order valence-corrected chi connectivity index (χ0v) is 12.6. The molecule has 0 saturated heterocycles. The largest absolute Gasteiger partial charge is 0.494 e. The van der Waals surface area contributed by atoms with Crippen LogP contribution < -0.4 is 0 Å². The molecule has 3 nitrogen and oxygen atoms in total. The summed E-state index contributed by atoms with van der Waals surface area (Å²) in [6.45, 7) is 3.76. The molecule has 0 amide bonds. The Bertz CT molecular complexity index is 584. The minimum Gasteiger partial charge on any atom is -0.494 e. The summed E-state index contributed by atoms with van der Waals surface area (Å²) in [5.41, 5.74) is 2.78. The summed E-state index contributed by atoms with van der Waals surface area (Å²) < 4.78 is 6.07. The molecule has 2 rings (SSSR count). The van der Waals surface area contributed by atoms with E-state index in [1.807, 2.05) is 37.3 Å². The molecule has 0 bridgehead atoms. The Kier molecular flexibility index (Phi) is 5.09. The highest BCUT2D eigenvalue weighted by Crippen LogP contribution is 2.22. The van der Waals surface area contributed by atoms with Gasteiger partial charge in [0.05, 0.1) is 11.7 Å². The van der Waals surface area contributed by atoms with E-state index in [0.717, 1.165) is 12.2 Å². The van der Waals surface area contributed by atoms with E-state index in [1.54, 1.807) is 6.92 Å². The van der Waals surface area contributed by atoms with Gasteiger partial charge in [0.15, 0.2) is 0 Å². The second-order valence-electron chi connectivity index (χ2n) is 5.40. The Morgan fingerprint density at radius 3 is 2.52 bits per heavy atom. The second-order valence-corrected chi connectivity index (χ2v) is 5.40. The van der Waals surface area contributed by atoms with Gasteiger partial charge in [-0.05, 0) is 19.4 Å². The molecule has 0 heterocycles. The number of hydrogen-bond donors (Lipinski definition) is 2. The van der Waals surface area contributed by atoms with Gasteiger partial charge in [0.2, 0.25) is 0 Å². The maximum Gasteiger partial charge on any atom is 0.111 e. The average molecular weight is 282 g/mol. The van der Waals surface area contributed by atoms with Crippen molar-refractivity contribution >= 4 is 11.4 Å². The smallest absolute Gasteiger partial charge is 0.111 e. The molecule has 0 spiro atoms. The van der Waals surface area contributed by atoms with Crippen molar-refractivity contribution in [2.45, 2.75) is 39.2 Å². The summed E-state index contributed by atoms with van der Waals surface area (Å²) in [5.74, 6) is 0.754. The summed E-state index contributed by atoms with van der Waals surface area (Å²) in [7, 11) is 0. The maximum absolute atomic E-state index is 8.08. The number of benzene rings is 1. The Hall–Kier alpha value is -2.16. The Morgan fingerprint density at radius 2 is 1.86 bits per heavy atom. The molecule has 1 unspecified atom stereocenters. The lowest BCUT2D eigenvalue weighted by Crippen LogP contribution is -2.17. The van der Waals surface area contributed by atoms with Gasteiger partial charge in [-0.15, -0.1) is 0 Å². The van der Waals surface area contributed by atoms with Crippen molar-refractivity contribution in [1.82, 2.24) is 0 Å². The van der Waals surface area contributed by atoms with Crippen molar-refractivity contribution in [2.24, 2.45) is 0 Å². The first-order chi connectivity index (χ1) is 10.1. The third-order valence-corrected chi connectivity index (χ3v) is 3.46. The Balaban J connectivity index is 2.14. The summed E-state index contributed by atoms with van der Waals surface area (Å²) >= 11 is 0. The van der Waals surface area contributed by atoms with E-state index in [4.69, 9.17) is 15.6 Å². The molecule has 1 aliphatic carbocycles. The molecule has 0 fully saturated rings. The Labute approximate surface area is 126 Å². The van der Waals surface area contributed by atoms with Crippen molar-refractivity contribution < 1.29 is 4.74 Å². The van der Waals surface area contributed by atoms with E-state index in [2.05, 4.69) is 12.1 Å². The first-order valence-corrected chi connectivity index (χ1v) is 7.30. The first kappa shape index (κ1) is 15.2. The lowest BCUT2D eigenvalue weighted by atomic mass is 10.0. The van der Waals surface area contributed by atoms with Gasteiger partial charge in [0, 0.05) is 30.7 Å². The second kappa shape index (κ2) is 7.02. The van der Waals surface area contributed by atoms with E-state index in [1.165, 1.54) is 5.56 Å². The van der Waals surface area contributed by atoms with Crippen LogP contribution >= 0.6 is 0 Å². The molecule has 0 saturated carbocycles. The molecule has 2 N–H and O–H groups in total. The monoisotopic (exact) mass is 282 g/mol. The van der Waals surface area contributed by atoms with Crippen LogP contribution in [0.3, 0.4) is 0 Å². The molecule has 0 aromatic heterocycles. The molecular weight excluding hydrogens is 260 g/mol. The van der Waals surface area contributed by atoms with Gasteiger partial charge >= 0.3 is 0 Å². The van der Waals surface area contributed by atoms with Crippen molar-refractivity contribution in [3.8, 4) is 0 Å². The van der Waals surface area contributed by atoms with Gasteiger partial charge in [0.1, 0.15) is 5.76 Å². The highest BCUT2D eigenvalue weighted by molar-refractivity contribution is 6.22. The van der Waals surface area contributed by atoms with E-state index >= 15 is 0 Å². The SMILES string of the molecule is CC(=N)C1=C(OC(C)Cc2ccccc2)CC=CCC1=N. The molecule has 0 aliphatic heterocycles. The van der Waals surface area contributed by atoms with Crippen LogP contribution in [-0.4, -0.2) is 17.5 Å². The van der Waals surface area contributed by atoms with E-state index in [0.29, 0.717) is 29.8 Å². The molecule has 21 heavy (non-hydrogen) atoms. The Morgan fingerprint density at radius 1 is 1.19 bits per heavy atom. The topological polar surface area (TPSA) is 56.9 Å². The summed E-state index contributed by atoms with van der Waals surface area (Å²) in [6.07, 6.45) is 6.08. The fourth-order valence-electron chi connectivity index (χ4n) is 2.54. The first-order valence-electron chi connectivity index (χ1n) is 7.30. The van der Waals surface area contributed by atoms with Gasteiger partial charge in [0.25, 0.3) is 0 Å². The van der Waals surface area contributed by atoms with Crippen LogP contribution in [0.25, 0.3) is 0 Å². The molecule has 1 aromatic rings. The zero-order chi connectivity index (χ0) is 15.2. The lowest BCUT2D eigenvalue weighted by molar-refractivity contribution is 0.128. The van der Waals surface area contributed by atoms with E-state index in [-0.39, 0.29) is 6.10 Å². The predicted molar refractivity (Wildman–Crippen MR) is 87.2 cm³/mol. The molecule has 3 heteroatoms. The minimum atomic E-state index is 0.0241. The normalized spacial score (nSPS) is 16.6. The summed E-state index contributed by atoms with van der Waals surface area (Å²) in [6, 6.07) is 10.2. The number of allylic oxidation sites excluding steroid dienone is 3. The third-order valence-electron chi connectivity index (χ3n) is 3.46. The average Bonchev–Trinajstić information content (AvgIpc) is 2.61. The summed E-state index contributed by atoms with van der Waals surface area (Å²) in [4.78, 5) is 0. The molecular formula is C18H22N2O. The third kappa shape index (κ3) is 4.15. The number of nitrogens with one attached hydrogen (secondary N) is 2. The molecule has 1 aliphatic rings. The van der Waals surface area contributed by atoms with Crippen LogP contribution in [0.4, 0.5) is 0 Å². The van der Waals surface area contributed by atoms with Gasteiger partial charge in [-0.25, -0.2) is 0 Å².